The third-order valence-corrected chi connectivity index (χ3v) is 5.64. The van der Waals surface area contributed by atoms with E-state index in [1.54, 1.807) is 11.3 Å². The molecule has 3 rings (SSSR count). The van der Waals surface area contributed by atoms with E-state index in [9.17, 15) is 4.79 Å². The third kappa shape index (κ3) is 3.64. The van der Waals surface area contributed by atoms with E-state index in [4.69, 9.17) is 0 Å². The lowest BCUT2D eigenvalue weighted by Gasteiger charge is -2.23. The van der Waals surface area contributed by atoms with Crippen molar-refractivity contribution in [1.82, 2.24) is 4.90 Å². The molecule has 0 bridgehead atoms. The molecule has 3 nitrogen and oxygen atoms in total. The zero-order valence-electron chi connectivity index (χ0n) is 11.6. The molecule has 1 saturated heterocycles. The summed E-state index contributed by atoms with van der Waals surface area (Å²) in [5.74, 6) is 0.0718. The summed E-state index contributed by atoms with van der Waals surface area (Å²) in [4.78, 5) is 15.9. The van der Waals surface area contributed by atoms with Crippen molar-refractivity contribution in [2.75, 3.05) is 18.4 Å². The number of thiophene rings is 1. The monoisotopic (exact) mass is 412 g/mol. The van der Waals surface area contributed by atoms with Gasteiger partial charge in [-0.2, -0.15) is 0 Å². The molecule has 0 spiro atoms. The highest BCUT2D eigenvalue weighted by Crippen LogP contribution is 2.34. The van der Waals surface area contributed by atoms with Gasteiger partial charge in [-0.05, 0) is 65.6 Å². The van der Waals surface area contributed by atoms with Gasteiger partial charge in [-0.25, -0.2) is 0 Å². The Morgan fingerprint density at radius 1 is 1.33 bits per heavy atom. The minimum atomic E-state index is 0.0718. The molecule has 1 aromatic carbocycles. The van der Waals surface area contributed by atoms with E-state index in [0.717, 1.165) is 22.2 Å². The minimum Gasteiger partial charge on any atom is -0.324 e. The standard InChI is InChI=1S/C16H17IN2OS/c17-12-5-1-2-6-13(12)18-16(20)11-19-9-3-7-14(19)15-8-4-10-21-15/h1-2,4-6,8,10,14H,3,7,9,11H2,(H,18,20)/t14-/m1/s1. The van der Waals surface area contributed by atoms with Crippen LogP contribution in [0.4, 0.5) is 5.69 Å². The van der Waals surface area contributed by atoms with Gasteiger partial charge in [0.05, 0.1) is 12.2 Å². The normalized spacial score (nSPS) is 18.8. The van der Waals surface area contributed by atoms with Crippen molar-refractivity contribution >= 4 is 45.5 Å². The van der Waals surface area contributed by atoms with Gasteiger partial charge in [0.15, 0.2) is 0 Å². The van der Waals surface area contributed by atoms with Crippen LogP contribution in [0.5, 0.6) is 0 Å². The number of rotatable bonds is 4. The van der Waals surface area contributed by atoms with Gasteiger partial charge in [0.2, 0.25) is 5.91 Å². The Balaban J connectivity index is 1.63. The fraction of sp³-hybridized carbons (Fsp3) is 0.312. The van der Waals surface area contributed by atoms with E-state index < -0.39 is 0 Å². The van der Waals surface area contributed by atoms with Crippen LogP contribution in [-0.2, 0) is 4.79 Å². The van der Waals surface area contributed by atoms with E-state index in [1.807, 2.05) is 24.3 Å². The van der Waals surface area contributed by atoms with Crippen LogP contribution in [0, 0.1) is 3.57 Å². The van der Waals surface area contributed by atoms with Crippen molar-refractivity contribution < 1.29 is 4.79 Å². The molecule has 1 fully saturated rings. The van der Waals surface area contributed by atoms with Crippen molar-refractivity contribution in [3.05, 3.63) is 50.2 Å². The Labute approximate surface area is 142 Å². The predicted molar refractivity (Wildman–Crippen MR) is 95.7 cm³/mol. The Morgan fingerprint density at radius 3 is 2.95 bits per heavy atom. The average molecular weight is 412 g/mol. The van der Waals surface area contributed by atoms with Crippen LogP contribution in [0.3, 0.4) is 0 Å². The molecule has 0 radical (unpaired) electrons. The van der Waals surface area contributed by atoms with Crippen molar-refractivity contribution in [1.29, 1.82) is 0 Å². The highest BCUT2D eigenvalue weighted by Gasteiger charge is 2.28. The van der Waals surface area contributed by atoms with Gasteiger partial charge in [0, 0.05) is 14.5 Å². The lowest BCUT2D eigenvalue weighted by Crippen LogP contribution is -2.32. The molecule has 0 saturated carbocycles. The van der Waals surface area contributed by atoms with E-state index in [-0.39, 0.29) is 5.91 Å². The van der Waals surface area contributed by atoms with E-state index in [1.165, 1.54) is 11.3 Å². The molecule has 1 atom stereocenters. The molecular formula is C16H17IN2OS. The SMILES string of the molecule is O=C(CN1CCC[C@@H]1c1cccs1)Nc1ccccc1I. The number of hydrogen-bond donors (Lipinski definition) is 1. The quantitative estimate of drug-likeness (QED) is 0.767. The summed E-state index contributed by atoms with van der Waals surface area (Å²) < 4.78 is 1.07. The number of para-hydroxylation sites is 1. The summed E-state index contributed by atoms with van der Waals surface area (Å²) in [7, 11) is 0. The molecule has 2 heterocycles. The average Bonchev–Trinajstić information content (AvgIpc) is 3.11. The second-order valence-corrected chi connectivity index (χ2v) is 7.31. The van der Waals surface area contributed by atoms with Crippen molar-refractivity contribution in [2.24, 2.45) is 0 Å². The Kier molecular flexibility index (Phi) is 4.92. The Hall–Kier alpha value is -0.920. The summed E-state index contributed by atoms with van der Waals surface area (Å²) in [6.45, 7) is 1.47. The Morgan fingerprint density at radius 2 is 2.19 bits per heavy atom. The number of amides is 1. The summed E-state index contributed by atoms with van der Waals surface area (Å²) in [5, 5.41) is 5.13. The van der Waals surface area contributed by atoms with Crippen LogP contribution in [0.15, 0.2) is 41.8 Å². The van der Waals surface area contributed by atoms with E-state index in [2.05, 4.69) is 50.3 Å². The first-order valence-corrected chi connectivity index (χ1v) is 9.02. The first kappa shape index (κ1) is 15.0. The zero-order valence-corrected chi connectivity index (χ0v) is 14.6. The Bertz CT molecular complexity index is 614. The number of hydrogen-bond acceptors (Lipinski definition) is 3. The maximum atomic E-state index is 12.3. The molecule has 1 aromatic heterocycles. The van der Waals surface area contributed by atoms with Gasteiger partial charge >= 0.3 is 0 Å². The lowest BCUT2D eigenvalue weighted by atomic mass is 10.2. The number of carbonyl (C=O) groups is 1. The van der Waals surface area contributed by atoms with Crippen molar-refractivity contribution in [3.63, 3.8) is 0 Å². The summed E-state index contributed by atoms with van der Waals surface area (Å²) in [6.07, 6.45) is 2.31. The molecule has 1 aliphatic heterocycles. The molecule has 1 amide bonds. The molecule has 110 valence electrons. The summed E-state index contributed by atoms with van der Waals surface area (Å²) >= 11 is 4.03. The topological polar surface area (TPSA) is 32.3 Å². The number of carbonyl (C=O) groups excluding carboxylic acids is 1. The number of anilines is 1. The van der Waals surface area contributed by atoms with Gasteiger partial charge in [-0.15, -0.1) is 11.3 Å². The second kappa shape index (κ2) is 6.89. The molecule has 0 unspecified atom stereocenters. The maximum Gasteiger partial charge on any atom is 0.238 e. The van der Waals surface area contributed by atoms with Crippen LogP contribution in [0.25, 0.3) is 0 Å². The van der Waals surface area contributed by atoms with Gasteiger partial charge in [-0.3, -0.25) is 9.69 Å². The number of nitrogens with zero attached hydrogens (tertiary/aromatic N) is 1. The molecule has 2 aromatic rings. The maximum absolute atomic E-state index is 12.3. The zero-order chi connectivity index (χ0) is 14.7. The smallest absolute Gasteiger partial charge is 0.238 e. The number of likely N-dealkylation sites (tertiary alicyclic amines) is 1. The van der Waals surface area contributed by atoms with Crippen molar-refractivity contribution in [2.45, 2.75) is 18.9 Å². The van der Waals surface area contributed by atoms with Gasteiger partial charge in [-0.1, -0.05) is 18.2 Å². The van der Waals surface area contributed by atoms with Crippen LogP contribution in [-0.4, -0.2) is 23.9 Å². The minimum absolute atomic E-state index is 0.0718. The van der Waals surface area contributed by atoms with Gasteiger partial charge in [0.1, 0.15) is 0 Å². The summed E-state index contributed by atoms with van der Waals surface area (Å²) in [5.41, 5.74) is 0.898. The van der Waals surface area contributed by atoms with Gasteiger partial charge < -0.3 is 5.32 Å². The first-order chi connectivity index (χ1) is 10.2. The largest absolute Gasteiger partial charge is 0.324 e. The fourth-order valence-corrected chi connectivity index (χ4v) is 4.17. The summed E-state index contributed by atoms with van der Waals surface area (Å²) in [6, 6.07) is 12.5. The number of nitrogens with one attached hydrogen (secondary N) is 1. The van der Waals surface area contributed by atoms with E-state index >= 15 is 0 Å². The second-order valence-electron chi connectivity index (χ2n) is 5.17. The highest BCUT2D eigenvalue weighted by atomic mass is 127. The van der Waals surface area contributed by atoms with E-state index in [0.29, 0.717) is 12.6 Å². The van der Waals surface area contributed by atoms with Crippen LogP contribution < -0.4 is 5.32 Å². The number of halogens is 1. The molecule has 21 heavy (non-hydrogen) atoms. The lowest BCUT2D eigenvalue weighted by molar-refractivity contribution is -0.117. The molecular weight excluding hydrogens is 395 g/mol. The third-order valence-electron chi connectivity index (χ3n) is 3.73. The molecule has 0 aliphatic carbocycles. The predicted octanol–water partition coefficient (Wildman–Crippen LogP) is 4.13. The number of benzene rings is 1. The van der Waals surface area contributed by atoms with Crippen LogP contribution in [0.1, 0.15) is 23.8 Å². The first-order valence-electron chi connectivity index (χ1n) is 7.06. The highest BCUT2D eigenvalue weighted by molar-refractivity contribution is 14.1. The molecule has 1 aliphatic rings. The van der Waals surface area contributed by atoms with Crippen LogP contribution in [0.2, 0.25) is 0 Å². The van der Waals surface area contributed by atoms with Crippen molar-refractivity contribution in [3.8, 4) is 0 Å². The molecule has 1 N–H and O–H groups in total. The molecule has 5 heteroatoms. The van der Waals surface area contributed by atoms with Gasteiger partial charge in [0.25, 0.3) is 0 Å². The van der Waals surface area contributed by atoms with Crippen LogP contribution >= 0.6 is 33.9 Å². The fourth-order valence-electron chi connectivity index (χ4n) is 2.76.